The fraction of sp³-hybridized carbons (Fsp3) is 0.118. The second-order valence-corrected chi connectivity index (χ2v) is 5.18. The molecule has 4 rings (SSSR count). The molecular weight excluding hydrogens is 266 g/mol. The van der Waals surface area contributed by atoms with E-state index in [4.69, 9.17) is 9.57 Å². The maximum absolute atomic E-state index is 12.0. The molecule has 1 spiro atoms. The molecule has 1 N–H and O–H groups in total. The summed E-state index contributed by atoms with van der Waals surface area (Å²) in [6.07, 6.45) is 1.82. The lowest BCUT2D eigenvalue weighted by atomic mass is 9.99. The van der Waals surface area contributed by atoms with E-state index < -0.39 is 5.79 Å². The molecule has 104 valence electrons. The van der Waals surface area contributed by atoms with Gasteiger partial charge in [-0.2, -0.15) is 0 Å². The largest absolute Gasteiger partial charge is 0.419 e. The van der Waals surface area contributed by atoms with Gasteiger partial charge in [0.2, 0.25) is 0 Å². The number of esters is 1. The highest BCUT2D eigenvalue weighted by molar-refractivity contribution is 5.95. The van der Waals surface area contributed by atoms with Gasteiger partial charge in [-0.1, -0.05) is 42.5 Å². The van der Waals surface area contributed by atoms with Crippen molar-refractivity contribution in [3.8, 4) is 0 Å². The van der Waals surface area contributed by atoms with Crippen LogP contribution in [-0.4, -0.2) is 5.97 Å². The highest BCUT2D eigenvalue weighted by Gasteiger charge is 2.49. The Bertz CT molecular complexity index is 781. The quantitative estimate of drug-likeness (QED) is 0.815. The first-order valence-electron chi connectivity index (χ1n) is 6.75. The van der Waals surface area contributed by atoms with Gasteiger partial charge >= 0.3 is 5.97 Å². The third-order valence-corrected chi connectivity index (χ3v) is 3.85. The summed E-state index contributed by atoms with van der Waals surface area (Å²) in [7, 11) is 0. The van der Waals surface area contributed by atoms with Crippen molar-refractivity contribution < 1.29 is 14.4 Å². The number of benzene rings is 2. The molecule has 1 unspecified atom stereocenters. The monoisotopic (exact) mass is 279 g/mol. The van der Waals surface area contributed by atoms with Crippen LogP contribution in [0.2, 0.25) is 0 Å². The van der Waals surface area contributed by atoms with Crippen molar-refractivity contribution in [1.29, 1.82) is 0 Å². The summed E-state index contributed by atoms with van der Waals surface area (Å²) in [5.74, 6) is -1.53. The molecular formula is C17H13NO3. The molecule has 1 atom stereocenters. The van der Waals surface area contributed by atoms with Crippen LogP contribution in [0, 0.1) is 6.92 Å². The van der Waals surface area contributed by atoms with Gasteiger partial charge in [-0.3, -0.25) is 5.48 Å². The minimum absolute atomic E-state index is 0.366. The number of fused-ring (bicyclic) bond motifs is 2. The minimum atomic E-state index is -1.16. The van der Waals surface area contributed by atoms with Crippen molar-refractivity contribution in [3.63, 3.8) is 0 Å². The SMILES string of the molecule is Cc1ccccc1C1=CC2(ON1)OC(=O)c1ccccc12. The number of hydrogen-bond acceptors (Lipinski definition) is 4. The maximum Gasteiger partial charge on any atom is 0.341 e. The molecule has 0 saturated heterocycles. The van der Waals surface area contributed by atoms with Crippen molar-refractivity contribution in [1.82, 2.24) is 5.48 Å². The third kappa shape index (κ3) is 1.69. The van der Waals surface area contributed by atoms with Crippen molar-refractivity contribution >= 4 is 11.7 Å². The number of hydroxylamine groups is 1. The number of nitrogens with one attached hydrogen (secondary N) is 1. The van der Waals surface area contributed by atoms with Gasteiger partial charge in [0.15, 0.2) is 0 Å². The Morgan fingerprint density at radius 2 is 1.71 bits per heavy atom. The van der Waals surface area contributed by atoms with E-state index in [1.54, 1.807) is 6.07 Å². The molecule has 0 bridgehead atoms. The zero-order valence-corrected chi connectivity index (χ0v) is 11.4. The zero-order valence-electron chi connectivity index (χ0n) is 11.4. The molecule has 0 aliphatic carbocycles. The van der Waals surface area contributed by atoms with Gasteiger partial charge in [0.1, 0.15) is 0 Å². The van der Waals surface area contributed by atoms with Crippen LogP contribution in [0.5, 0.6) is 0 Å². The third-order valence-electron chi connectivity index (χ3n) is 3.85. The Morgan fingerprint density at radius 1 is 1.00 bits per heavy atom. The minimum Gasteiger partial charge on any atom is -0.419 e. The van der Waals surface area contributed by atoms with E-state index in [1.165, 1.54) is 0 Å². The van der Waals surface area contributed by atoms with Gasteiger partial charge in [-0.05, 0) is 18.6 Å². The zero-order chi connectivity index (χ0) is 14.4. The second-order valence-electron chi connectivity index (χ2n) is 5.18. The predicted octanol–water partition coefficient (Wildman–Crippen LogP) is 2.89. The number of hydrogen-bond donors (Lipinski definition) is 1. The van der Waals surface area contributed by atoms with Gasteiger partial charge in [-0.15, -0.1) is 0 Å². The molecule has 0 aromatic heterocycles. The molecule has 0 saturated carbocycles. The Balaban J connectivity index is 1.83. The molecule has 4 nitrogen and oxygen atoms in total. The normalized spacial score (nSPS) is 22.7. The summed E-state index contributed by atoms with van der Waals surface area (Å²) < 4.78 is 5.47. The Morgan fingerprint density at radius 3 is 2.52 bits per heavy atom. The van der Waals surface area contributed by atoms with Gasteiger partial charge in [0.05, 0.1) is 11.3 Å². The Hall–Kier alpha value is -2.59. The lowest BCUT2D eigenvalue weighted by molar-refractivity contribution is -0.181. The molecule has 21 heavy (non-hydrogen) atoms. The van der Waals surface area contributed by atoms with Crippen molar-refractivity contribution in [3.05, 3.63) is 76.9 Å². The topological polar surface area (TPSA) is 47.6 Å². The summed E-state index contributed by atoms with van der Waals surface area (Å²) in [6.45, 7) is 2.03. The van der Waals surface area contributed by atoms with Crippen LogP contribution in [0.4, 0.5) is 0 Å². The molecule has 2 aliphatic rings. The van der Waals surface area contributed by atoms with Gasteiger partial charge in [0, 0.05) is 17.2 Å². The van der Waals surface area contributed by atoms with E-state index >= 15 is 0 Å². The highest BCUT2D eigenvalue weighted by atomic mass is 16.8. The van der Waals surface area contributed by atoms with Gasteiger partial charge in [0.25, 0.3) is 5.79 Å². The fourth-order valence-corrected chi connectivity index (χ4v) is 2.78. The average Bonchev–Trinajstić information content (AvgIpc) is 3.04. The van der Waals surface area contributed by atoms with E-state index in [2.05, 4.69) is 5.48 Å². The van der Waals surface area contributed by atoms with Crippen LogP contribution in [0.3, 0.4) is 0 Å². The maximum atomic E-state index is 12.0. The number of aryl methyl sites for hydroxylation is 1. The average molecular weight is 279 g/mol. The van der Waals surface area contributed by atoms with E-state index in [1.807, 2.05) is 55.5 Å². The summed E-state index contributed by atoms with van der Waals surface area (Å²) in [5, 5.41) is 0. The Labute approximate surface area is 122 Å². The summed E-state index contributed by atoms with van der Waals surface area (Å²) in [6, 6.07) is 15.2. The van der Waals surface area contributed by atoms with Crippen LogP contribution in [0.1, 0.15) is 27.0 Å². The molecule has 2 aromatic rings. The highest BCUT2D eigenvalue weighted by Crippen LogP contribution is 2.43. The standard InChI is InChI=1S/C17H13NO3/c1-11-6-2-3-7-12(11)15-10-17(21-18-15)14-9-5-4-8-13(14)16(19)20-17/h2-10,18H,1H3. The summed E-state index contributed by atoms with van der Waals surface area (Å²) in [5.41, 5.74) is 7.11. The Kier molecular flexibility index (Phi) is 2.43. The van der Waals surface area contributed by atoms with Crippen molar-refractivity contribution in [2.24, 2.45) is 0 Å². The summed E-state index contributed by atoms with van der Waals surface area (Å²) in [4.78, 5) is 17.6. The number of carbonyl (C=O) groups excluding carboxylic acids is 1. The fourth-order valence-electron chi connectivity index (χ4n) is 2.78. The first-order valence-corrected chi connectivity index (χ1v) is 6.75. The molecule has 2 aliphatic heterocycles. The van der Waals surface area contributed by atoms with Gasteiger partial charge in [-0.25, -0.2) is 9.63 Å². The lowest BCUT2D eigenvalue weighted by Crippen LogP contribution is -2.26. The van der Waals surface area contributed by atoms with Gasteiger partial charge < -0.3 is 4.74 Å². The number of rotatable bonds is 1. The molecule has 2 aromatic carbocycles. The van der Waals surface area contributed by atoms with Crippen LogP contribution < -0.4 is 5.48 Å². The van der Waals surface area contributed by atoms with Crippen molar-refractivity contribution in [2.75, 3.05) is 0 Å². The molecule has 2 heterocycles. The van der Waals surface area contributed by atoms with Crippen LogP contribution in [0.25, 0.3) is 5.70 Å². The number of ether oxygens (including phenoxy) is 1. The first-order chi connectivity index (χ1) is 10.2. The predicted molar refractivity (Wildman–Crippen MR) is 76.9 cm³/mol. The molecule has 0 fully saturated rings. The first kappa shape index (κ1) is 12.2. The van der Waals surface area contributed by atoms with Crippen molar-refractivity contribution in [2.45, 2.75) is 12.7 Å². The van der Waals surface area contributed by atoms with E-state index in [0.717, 1.165) is 22.4 Å². The van der Waals surface area contributed by atoms with Crippen LogP contribution >= 0.6 is 0 Å². The summed E-state index contributed by atoms with van der Waals surface area (Å²) >= 11 is 0. The van der Waals surface area contributed by atoms with E-state index in [0.29, 0.717) is 5.56 Å². The number of carbonyl (C=O) groups is 1. The smallest absolute Gasteiger partial charge is 0.341 e. The molecule has 0 radical (unpaired) electrons. The second kappa shape index (κ2) is 4.20. The van der Waals surface area contributed by atoms with Crippen LogP contribution in [-0.2, 0) is 15.4 Å². The molecule has 4 heteroatoms. The lowest BCUT2D eigenvalue weighted by Gasteiger charge is -2.18. The van der Waals surface area contributed by atoms with E-state index in [-0.39, 0.29) is 5.97 Å². The van der Waals surface area contributed by atoms with Crippen LogP contribution in [0.15, 0.2) is 54.6 Å². The van der Waals surface area contributed by atoms with E-state index in [9.17, 15) is 4.79 Å². The molecule has 0 amide bonds.